The third kappa shape index (κ3) is 7.72. The van der Waals surface area contributed by atoms with E-state index in [1.807, 2.05) is 38.1 Å². The topological polar surface area (TPSA) is 53.2 Å². The molecule has 4 heteroatoms. The summed E-state index contributed by atoms with van der Waals surface area (Å²) in [6.45, 7) is 11.2. The van der Waals surface area contributed by atoms with Gasteiger partial charge >= 0.3 is 0 Å². The number of piperidine rings is 1. The number of rotatable bonds is 5. The van der Waals surface area contributed by atoms with Gasteiger partial charge in [0.1, 0.15) is 0 Å². The molecule has 4 nitrogen and oxygen atoms in total. The van der Waals surface area contributed by atoms with Crippen LogP contribution >= 0.6 is 0 Å². The predicted octanol–water partition coefficient (Wildman–Crippen LogP) is 5.58. The van der Waals surface area contributed by atoms with E-state index in [2.05, 4.69) is 66.2 Å². The Kier molecular flexibility index (Phi) is 10.6. The van der Waals surface area contributed by atoms with E-state index in [1.54, 1.807) is 0 Å². The molecule has 0 aromatic heterocycles. The lowest BCUT2D eigenvalue weighted by atomic mass is 10.0. The van der Waals surface area contributed by atoms with Crippen LogP contribution in [0.2, 0.25) is 0 Å². The average molecular weight is 420 g/mol. The van der Waals surface area contributed by atoms with Gasteiger partial charge in [0.05, 0.1) is 0 Å². The second kappa shape index (κ2) is 13.5. The summed E-state index contributed by atoms with van der Waals surface area (Å²) in [5.41, 5.74) is 5.15. The minimum Gasteiger partial charge on any atom is -0.382 e. The van der Waals surface area contributed by atoms with Gasteiger partial charge < -0.3 is 16.0 Å². The Labute approximate surface area is 187 Å². The summed E-state index contributed by atoms with van der Waals surface area (Å²) >= 11 is 0. The van der Waals surface area contributed by atoms with Crippen LogP contribution in [0.4, 0.5) is 5.69 Å². The molecule has 0 spiro atoms. The molecule has 31 heavy (non-hydrogen) atoms. The molecular formula is C27H37N3O. The fourth-order valence-electron chi connectivity index (χ4n) is 3.63. The fourth-order valence-corrected chi connectivity index (χ4v) is 3.63. The van der Waals surface area contributed by atoms with Crippen molar-refractivity contribution >= 4 is 22.9 Å². The molecule has 1 heterocycles. The highest BCUT2D eigenvalue weighted by molar-refractivity contribution is 5.85. The number of anilines is 1. The predicted molar refractivity (Wildman–Crippen MR) is 134 cm³/mol. The molecule has 4 rings (SSSR count). The monoisotopic (exact) mass is 419 g/mol. The first-order chi connectivity index (χ1) is 15.2. The minimum atomic E-state index is 0.588. The van der Waals surface area contributed by atoms with E-state index in [9.17, 15) is 4.79 Å². The van der Waals surface area contributed by atoms with Crippen LogP contribution in [0.1, 0.15) is 43.4 Å². The summed E-state index contributed by atoms with van der Waals surface area (Å²) in [6.07, 6.45) is 3.18. The summed E-state index contributed by atoms with van der Waals surface area (Å²) in [5, 5.41) is 12.1. The van der Waals surface area contributed by atoms with E-state index in [-0.39, 0.29) is 0 Å². The van der Waals surface area contributed by atoms with E-state index in [1.165, 1.54) is 40.4 Å². The van der Waals surface area contributed by atoms with Gasteiger partial charge in [-0.3, -0.25) is 4.79 Å². The Morgan fingerprint density at radius 3 is 2.35 bits per heavy atom. The van der Waals surface area contributed by atoms with Gasteiger partial charge in [0.25, 0.3) is 0 Å². The van der Waals surface area contributed by atoms with Crippen molar-refractivity contribution in [2.45, 2.75) is 53.1 Å². The SMILES string of the molecule is CC.Cc1ccc(NC2CCNCC2)cc1C.O=CNCc1cccc2ccccc12. The summed E-state index contributed by atoms with van der Waals surface area (Å²) in [7, 11) is 0. The first kappa shape index (κ1) is 24.4. The molecule has 166 valence electrons. The Morgan fingerprint density at radius 2 is 1.65 bits per heavy atom. The zero-order valence-electron chi connectivity index (χ0n) is 19.4. The number of carbonyl (C=O) groups excluding carboxylic acids is 1. The zero-order valence-corrected chi connectivity index (χ0v) is 19.4. The molecule has 0 atom stereocenters. The summed E-state index contributed by atoms with van der Waals surface area (Å²) in [4.78, 5) is 10.2. The van der Waals surface area contributed by atoms with Crippen molar-refractivity contribution in [1.82, 2.24) is 10.6 Å². The summed E-state index contributed by atoms with van der Waals surface area (Å²) in [6, 6.07) is 21.5. The molecule has 3 aromatic carbocycles. The zero-order chi connectivity index (χ0) is 22.5. The third-order valence-electron chi connectivity index (χ3n) is 5.47. The molecule has 3 N–H and O–H groups in total. The number of fused-ring (bicyclic) bond motifs is 1. The average Bonchev–Trinajstić information content (AvgIpc) is 2.82. The van der Waals surface area contributed by atoms with E-state index in [0.717, 1.165) is 25.1 Å². The first-order valence-electron chi connectivity index (χ1n) is 11.4. The largest absolute Gasteiger partial charge is 0.382 e. The van der Waals surface area contributed by atoms with Crippen LogP contribution in [0, 0.1) is 13.8 Å². The van der Waals surface area contributed by atoms with Crippen molar-refractivity contribution < 1.29 is 4.79 Å². The van der Waals surface area contributed by atoms with Crippen molar-refractivity contribution in [3.8, 4) is 0 Å². The molecule has 1 aliphatic heterocycles. The molecule has 0 bridgehead atoms. The lowest BCUT2D eigenvalue weighted by Crippen LogP contribution is -2.35. The second-order valence-corrected chi connectivity index (χ2v) is 7.60. The Balaban J connectivity index is 0.000000204. The van der Waals surface area contributed by atoms with Crippen molar-refractivity contribution in [2.24, 2.45) is 0 Å². The smallest absolute Gasteiger partial charge is 0.207 e. The van der Waals surface area contributed by atoms with Gasteiger partial charge in [0.2, 0.25) is 6.41 Å². The standard InChI is InChI=1S/C13H20N2.C12H11NO.C2H6/c1-10-3-4-13(9-11(10)2)15-12-5-7-14-8-6-12;14-9-13-8-11-6-3-5-10-4-1-2-7-12(10)11;1-2/h3-4,9,12,14-15H,5-8H2,1-2H3;1-7,9H,8H2,(H,13,14);1-2H3. The van der Waals surface area contributed by atoms with Gasteiger partial charge in [-0.15, -0.1) is 0 Å². The lowest BCUT2D eigenvalue weighted by Gasteiger charge is -2.25. The van der Waals surface area contributed by atoms with Crippen LogP contribution in [-0.4, -0.2) is 25.5 Å². The van der Waals surface area contributed by atoms with Gasteiger partial charge in [0, 0.05) is 18.3 Å². The highest BCUT2D eigenvalue weighted by atomic mass is 16.1. The van der Waals surface area contributed by atoms with Crippen LogP contribution in [0.3, 0.4) is 0 Å². The number of aryl methyl sites for hydroxylation is 2. The molecule has 1 amide bonds. The van der Waals surface area contributed by atoms with Crippen LogP contribution < -0.4 is 16.0 Å². The quantitative estimate of drug-likeness (QED) is 0.473. The van der Waals surface area contributed by atoms with Gasteiger partial charge in [-0.25, -0.2) is 0 Å². The van der Waals surface area contributed by atoms with E-state index in [4.69, 9.17) is 0 Å². The summed E-state index contributed by atoms with van der Waals surface area (Å²) in [5.74, 6) is 0. The van der Waals surface area contributed by atoms with Crippen LogP contribution in [-0.2, 0) is 11.3 Å². The van der Waals surface area contributed by atoms with E-state index in [0.29, 0.717) is 12.6 Å². The van der Waals surface area contributed by atoms with Gasteiger partial charge in [-0.1, -0.05) is 62.4 Å². The number of hydrogen-bond donors (Lipinski definition) is 3. The molecular weight excluding hydrogens is 382 g/mol. The van der Waals surface area contributed by atoms with Crippen molar-refractivity contribution in [2.75, 3.05) is 18.4 Å². The maximum atomic E-state index is 10.2. The maximum absolute atomic E-state index is 10.2. The Morgan fingerprint density at radius 1 is 0.935 bits per heavy atom. The van der Waals surface area contributed by atoms with Crippen molar-refractivity contribution in [1.29, 1.82) is 0 Å². The molecule has 1 saturated heterocycles. The van der Waals surface area contributed by atoms with Crippen LogP contribution in [0.5, 0.6) is 0 Å². The molecule has 1 aliphatic rings. The Hall–Kier alpha value is -2.85. The third-order valence-corrected chi connectivity index (χ3v) is 5.47. The van der Waals surface area contributed by atoms with Gasteiger partial charge in [0.15, 0.2) is 0 Å². The van der Waals surface area contributed by atoms with Crippen LogP contribution in [0.25, 0.3) is 10.8 Å². The number of benzene rings is 3. The van der Waals surface area contributed by atoms with Crippen molar-refractivity contribution in [3.05, 3.63) is 77.4 Å². The fraction of sp³-hybridized carbons (Fsp3) is 0.370. The van der Waals surface area contributed by atoms with E-state index >= 15 is 0 Å². The normalized spacial score (nSPS) is 13.3. The molecule has 3 aromatic rings. The highest BCUT2D eigenvalue weighted by Crippen LogP contribution is 2.18. The van der Waals surface area contributed by atoms with Gasteiger partial charge in [-0.2, -0.15) is 0 Å². The summed E-state index contributed by atoms with van der Waals surface area (Å²) < 4.78 is 0. The van der Waals surface area contributed by atoms with Gasteiger partial charge in [-0.05, 0) is 79.4 Å². The number of hydrogen-bond acceptors (Lipinski definition) is 3. The number of amides is 1. The minimum absolute atomic E-state index is 0.588. The van der Waals surface area contributed by atoms with E-state index < -0.39 is 0 Å². The maximum Gasteiger partial charge on any atom is 0.207 e. The lowest BCUT2D eigenvalue weighted by molar-refractivity contribution is -0.109. The molecule has 1 fully saturated rings. The number of nitrogens with one attached hydrogen (secondary N) is 3. The first-order valence-corrected chi connectivity index (χ1v) is 11.4. The van der Waals surface area contributed by atoms with Crippen LogP contribution in [0.15, 0.2) is 60.7 Å². The Bertz CT molecular complexity index is 927. The molecule has 0 unspecified atom stereocenters. The molecule has 0 aliphatic carbocycles. The molecule has 0 saturated carbocycles. The highest BCUT2D eigenvalue weighted by Gasteiger charge is 2.12. The molecule has 0 radical (unpaired) electrons. The number of carbonyl (C=O) groups is 1. The van der Waals surface area contributed by atoms with Crippen molar-refractivity contribution in [3.63, 3.8) is 0 Å². The second-order valence-electron chi connectivity index (χ2n) is 7.60.